The van der Waals surface area contributed by atoms with Gasteiger partial charge in [0.05, 0.1) is 0 Å². The number of rotatable bonds is 5. The van der Waals surface area contributed by atoms with Crippen LogP contribution in [0, 0.1) is 0 Å². The van der Waals surface area contributed by atoms with E-state index in [1.807, 2.05) is 36.4 Å². The van der Waals surface area contributed by atoms with Gasteiger partial charge in [0.15, 0.2) is 10.4 Å². The summed E-state index contributed by atoms with van der Waals surface area (Å²) < 4.78 is 11.4. The van der Waals surface area contributed by atoms with Gasteiger partial charge in [-0.15, -0.1) is 0 Å². The van der Waals surface area contributed by atoms with E-state index in [-0.39, 0.29) is 11.7 Å². The topological polar surface area (TPSA) is 64.4 Å². The van der Waals surface area contributed by atoms with Gasteiger partial charge >= 0.3 is 0 Å². The Balaban J connectivity index is 1.62. The van der Waals surface area contributed by atoms with Gasteiger partial charge in [-0.25, -0.2) is 4.98 Å². The zero-order valence-corrected chi connectivity index (χ0v) is 13.6. The lowest BCUT2D eigenvalue weighted by atomic mass is 10.2. The number of carbonyl (C=O) groups excluding carboxylic acids is 1. The van der Waals surface area contributed by atoms with Crippen LogP contribution in [0.25, 0.3) is 0 Å². The molecular weight excluding hydrogens is 360 g/mol. The van der Waals surface area contributed by atoms with Crippen molar-refractivity contribution < 1.29 is 13.9 Å². The highest BCUT2D eigenvalue weighted by Crippen LogP contribution is 2.20. The van der Waals surface area contributed by atoms with Crippen molar-refractivity contribution in [1.82, 2.24) is 10.3 Å². The fourth-order valence-corrected chi connectivity index (χ4v) is 2.26. The lowest BCUT2D eigenvalue weighted by Crippen LogP contribution is -2.22. The molecule has 1 N–H and O–H groups in total. The Morgan fingerprint density at radius 1 is 1.17 bits per heavy atom. The molecule has 0 spiro atoms. The molecule has 2 heterocycles. The van der Waals surface area contributed by atoms with Gasteiger partial charge in [-0.3, -0.25) is 4.79 Å². The van der Waals surface area contributed by atoms with Gasteiger partial charge in [0, 0.05) is 18.8 Å². The summed E-state index contributed by atoms with van der Waals surface area (Å²) in [5, 5.41) is 2.79. The summed E-state index contributed by atoms with van der Waals surface area (Å²) in [6.07, 6.45) is 1.67. The number of nitrogens with one attached hydrogen (secondary N) is 1. The summed E-state index contributed by atoms with van der Waals surface area (Å²) in [5.41, 5.74) is 0.914. The monoisotopic (exact) mass is 372 g/mol. The Morgan fingerprint density at radius 2 is 2.09 bits per heavy atom. The maximum absolute atomic E-state index is 11.9. The molecule has 23 heavy (non-hydrogen) atoms. The molecule has 0 atom stereocenters. The van der Waals surface area contributed by atoms with E-state index >= 15 is 0 Å². The van der Waals surface area contributed by atoms with Crippen LogP contribution in [-0.4, -0.2) is 10.9 Å². The Labute approximate surface area is 141 Å². The fraction of sp³-hybridized carbons (Fsp3) is 0.0588. The molecule has 0 aliphatic rings. The average molecular weight is 373 g/mol. The van der Waals surface area contributed by atoms with Gasteiger partial charge in [-0.1, -0.05) is 18.2 Å². The number of aromatic nitrogens is 1. The van der Waals surface area contributed by atoms with Gasteiger partial charge in [-0.05, 0) is 51.8 Å². The molecule has 0 unspecified atom stereocenters. The molecule has 5 nitrogen and oxygen atoms in total. The molecular formula is C17H13BrN2O3. The second-order valence-corrected chi connectivity index (χ2v) is 5.49. The maximum atomic E-state index is 11.9. The summed E-state index contributed by atoms with van der Waals surface area (Å²) in [7, 11) is 0. The van der Waals surface area contributed by atoms with Crippen molar-refractivity contribution in [3.8, 4) is 11.6 Å². The van der Waals surface area contributed by atoms with Gasteiger partial charge in [0.2, 0.25) is 5.88 Å². The predicted molar refractivity (Wildman–Crippen MR) is 88.3 cm³/mol. The Kier molecular flexibility index (Phi) is 4.73. The quantitative estimate of drug-likeness (QED) is 0.730. The minimum Gasteiger partial charge on any atom is -0.444 e. The third-order valence-corrected chi connectivity index (χ3v) is 3.43. The summed E-state index contributed by atoms with van der Waals surface area (Å²) in [6.45, 7) is 0.372. The molecule has 0 radical (unpaired) electrons. The molecule has 1 aromatic carbocycles. The molecule has 116 valence electrons. The first-order valence-corrected chi connectivity index (χ1v) is 7.71. The number of halogens is 1. The van der Waals surface area contributed by atoms with E-state index in [1.165, 1.54) is 0 Å². The number of pyridine rings is 1. The largest absolute Gasteiger partial charge is 0.444 e. The smallest absolute Gasteiger partial charge is 0.287 e. The second-order valence-electron chi connectivity index (χ2n) is 4.70. The van der Waals surface area contributed by atoms with Gasteiger partial charge in [0.1, 0.15) is 5.75 Å². The summed E-state index contributed by atoms with van der Waals surface area (Å²) in [4.78, 5) is 16.1. The van der Waals surface area contributed by atoms with E-state index in [0.717, 1.165) is 5.56 Å². The Hall–Kier alpha value is -2.60. The first kappa shape index (κ1) is 15.3. The molecule has 0 saturated carbocycles. The van der Waals surface area contributed by atoms with Crippen LogP contribution in [0.15, 0.2) is 69.9 Å². The first-order chi connectivity index (χ1) is 11.2. The SMILES string of the molecule is O=C(NCc1cccc(Oc2ccccn2)c1)c1ccc(Br)o1. The van der Waals surface area contributed by atoms with Crippen LogP contribution in [0.5, 0.6) is 11.6 Å². The van der Waals surface area contributed by atoms with E-state index in [9.17, 15) is 4.79 Å². The number of hydrogen-bond acceptors (Lipinski definition) is 4. The Bertz CT molecular complexity index is 802. The molecule has 0 aliphatic heterocycles. The molecule has 0 bridgehead atoms. The predicted octanol–water partition coefficient (Wildman–Crippen LogP) is 4.16. The van der Waals surface area contributed by atoms with Crippen LogP contribution in [0.1, 0.15) is 16.1 Å². The van der Waals surface area contributed by atoms with Crippen molar-refractivity contribution in [3.05, 3.63) is 76.8 Å². The molecule has 0 saturated heterocycles. The number of ether oxygens (including phenoxy) is 1. The van der Waals surface area contributed by atoms with E-state index in [1.54, 1.807) is 24.4 Å². The second kappa shape index (κ2) is 7.11. The maximum Gasteiger partial charge on any atom is 0.287 e. The number of hydrogen-bond donors (Lipinski definition) is 1. The van der Waals surface area contributed by atoms with Crippen molar-refractivity contribution >= 4 is 21.8 Å². The number of carbonyl (C=O) groups is 1. The zero-order valence-electron chi connectivity index (χ0n) is 12.0. The number of furan rings is 1. The van der Waals surface area contributed by atoms with Crippen molar-refractivity contribution in [2.24, 2.45) is 0 Å². The minimum absolute atomic E-state index is 0.262. The lowest BCUT2D eigenvalue weighted by molar-refractivity contribution is 0.0922. The van der Waals surface area contributed by atoms with Crippen molar-refractivity contribution in [2.75, 3.05) is 0 Å². The summed E-state index contributed by atoms with van der Waals surface area (Å²) in [5.74, 6) is 1.18. The lowest BCUT2D eigenvalue weighted by Gasteiger charge is -2.07. The number of nitrogens with zero attached hydrogens (tertiary/aromatic N) is 1. The highest BCUT2D eigenvalue weighted by Gasteiger charge is 2.10. The van der Waals surface area contributed by atoms with Crippen molar-refractivity contribution in [3.63, 3.8) is 0 Å². The summed E-state index contributed by atoms with van der Waals surface area (Å²) in [6, 6.07) is 16.2. The van der Waals surface area contributed by atoms with Crippen LogP contribution >= 0.6 is 15.9 Å². The third-order valence-electron chi connectivity index (χ3n) is 3.01. The third kappa shape index (κ3) is 4.20. The van der Waals surface area contributed by atoms with Crippen molar-refractivity contribution in [2.45, 2.75) is 6.54 Å². The van der Waals surface area contributed by atoms with Crippen LogP contribution in [-0.2, 0) is 6.54 Å². The molecule has 6 heteroatoms. The van der Waals surface area contributed by atoms with Crippen LogP contribution in [0.2, 0.25) is 0 Å². The standard InChI is InChI=1S/C17H13BrN2O3/c18-15-8-7-14(23-15)17(21)20-11-12-4-3-5-13(10-12)22-16-6-1-2-9-19-16/h1-10H,11H2,(H,20,21). The van der Waals surface area contributed by atoms with E-state index in [0.29, 0.717) is 22.8 Å². The zero-order chi connectivity index (χ0) is 16.1. The number of benzene rings is 1. The highest BCUT2D eigenvalue weighted by molar-refractivity contribution is 9.10. The Morgan fingerprint density at radius 3 is 2.83 bits per heavy atom. The van der Waals surface area contributed by atoms with E-state index < -0.39 is 0 Å². The normalized spacial score (nSPS) is 10.3. The fourth-order valence-electron chi connectivity index (χ4n) is 1.95. The molecule has 3 aromatic rings. The highest BCUT2D eigenvalue weighted by atomic mass is 79.9. The minimum atomic E-state index is -0.272. The molecule has 0 aliphatic carbocycles. The average Bonchev–Trinajstić information content (AvgIpc) is 3.01. The van der Waals surface area contributed by atoms with Crippen molar-refractivity contribution in [1.29, 1.82) is 0 Å². The van der Waals surface area contributed by atoms with Gasteiger partial charge < -0.3 is 14.5 Å². The summed E-state index contributed by atoms with van der Waals surface area (Å²) >= 11 is 3.17. The van der Waals surface area contributed by atoms with Crippen LogP contribution < -0.4 is 10.1 Å². The van der Waals surface area contributed by atoms with E-state index in [4.69, 9.17) is 9.15 Å². The molecule has 1 amide bonds. The molecule has 0 fully saturated rings. The molecule has 3 rings (SSSR count). The van der Waals surface area contributed by atoms with Crippen LogP contribution in [0.3, 0.4) is 0 Å². The first-order valence-electron chi connectivity index (χ1n) is 6.92. The van der Waals surface area contributed by atoms with E-state index in [2.05, 4.69) is 26.2 Å². The van der Waals surface area contributed by atoms with Crippen LogP contribution in [0.4, 0.5) is 0 Å². The van der Waals surface area contributed by atoms with Gasteiger partial charge in [-0.2, -0.15) is 0 Å². The van der Waals surface area contributed by atoms with Gasteiger partial charge in [0.25, 0.3) is 5.91 Å². The molecule has 2 aromatic heterocycles. The number of amides is 1.